The zero-order chi connectivity index (χ0) is 15.3. The Labute approximate surface area is 121 Å². The van der Waals surface area contributed by atoms with E-state index in [2.05, 4.69) is 5.32 Å². The van der Waals surface area contributed by atoms with Crippen molar-refractivity contribution in [3.63, 3.8) is 0 Å². The third kappa shape index (κ3) is 15.4. The maximum absolute atomic E-state index is 11.5. The molecule has 0 spiro atoms. The molecule has 0 saturated heterocycles. The fourth-order valence-electron chi connectivity index (χ4n) is 1.41. The second kappa shape index (κ2) is 12.1. The van der Waals surface area contributed by atoms with Crippen molar-refractivity contribution in [2.24, 2.45) is 5.41 Å². The van der Waals surface area contributed by atoms with E-state index >= 15 is 0 Å². The predicted octanol–water partition coefficient (Wildman–Crippen LogP) is 0.581. The average Bonchev–Trinajstić information content (AvgIpc) is 2.34. The molecular weight excluding hydrogens is 262 g/mol. The van der Waals surface area contributed by atoms with E-state index in [1.54, 1.807) is 0 Å². The largest absolute Gasteiger partial charge is 0.394 e. The Morgan fingerprint density at radius 3 is 1.95 bits per heavy atom. The van der Waals surface area contributed by atoms with Crippen LogP contribution in [0.3, 0.4) is 0 Å². The molecule has 120 valence electrons. The number of ether oxygens (including phenoxy) is 3. The summed E-state index contributed by atoms with van der Waals surface area (Å²) < 4.78 is 15.6. The van der Waals surface area contributed by atoms with E-state index in [0.717, 1.165) is 0 Å². The van der Waals surface area contributed by atoms with Crippen LogP contribution in [0.4, 0.5) is 0 Å². The molecule has 0 aromatic heterocycles. The molecule has 6 heteroatoms. The first kappa shape index (κ1) is 19.3. The van der Waals surface area contributed by atoms with Crippen molar-refractivity contribution in [2.45, 2.75) is 27.2 Å². The first-order valence-corrected chi connectivity index (χ1v) is 7.06. The van der Waals surface area contributed by atoms with Gasteiger partial charge in [0.15, 0.2) is 0 Å². The number of carbonyl (C=O) groups is 1. The molecule has 0 aliphatic carbocycles. The second-order valence-corrected chi connectivity index (χ2v) is 5.65. The Kier molecular flexibility index (Phi) is 11.7. The highest BCUT2D eigenvalue weighted by Crippen LogP contribution is 2.17. The van der Waals surface area contributed by atoms with Gasteiger partial charge >= 0.3 is 0 Å². The molecule has 0 aliphatic heterocycles. The molecular formula is C14H29NO5. The van der Waals surface area contributed by atoms with E-state index in [1.807, 2.05) is 20.8 Å². The Balaban J connectivity index is 3.19. The highest BCUT2D eigenvalue weighted by molar-refractivity contribution is 5.76. The van der Waals surface area contributed by atoms with Crippen LogP contribution in [0.5, 0.6) is 0 Å². The van der Waals surface area contributed by atoms with Gasteiger partial charge in [-0.25, -0.2) is 0 Å². The molecule has 0 aromatic rings. The van der Waals surface area contributed by atoms with Crippen molar-refractivity contribution in [3.05, 3.63) is 0 Å². The molecule has 0 atom stereocenters. The molecule has 6 nitrogen and oxygen atoms in total. The van der Waals surface area contributed by atoms with Crippen LogP contribution in [0.1, 0.15) is 27.2 Å². The van der Waals surface area contributed by atoms with Crippen LogP contribution >= 0.6 is 0 Å². The van der Waals surface area contributed by atoms with Crippen LogP contribution in [0.2, 0.25) is 0 Å². The topological polar surface area (TPSA) is 77.0 Å². The quantitative estimate of drug-likeness (QED) is 0.514. The molecule has 0 radical (unpaired) electrons. The van der Waals surface area contributed by atoms with Gasteiger partial charge in [-0.3, -0.25) is 4.79 Å². The summed E-state index contributed by atoms with van der Waals surface area (Å²) in [7, 11) is 0. The van der Waals surface area contributed by atoms with E-state index in [4.69, 9.17) is 19.3 Å². The van der Waals surface area contributed by atoms with Crippen molar-refractivity contribution in [1.29, 1.82) is 0 Å². The Morgan fingerprint density at radius 1 is 0.950 bits per heavy atom. The van der Waals surface area contributed by atoms with Gasteiger partial charge in [0.2, 0.25) is 5.91 Å². The van der Waals surface area contributed by atoms with Gasteiger partial charge in [-0.05, 0) is 5.41 Å². The summed E-state index contributed by atoms with van der Waals surface area (Å²) in [5.41, 5.74) is 0.0108. The van der Waals surface area contributed by atoms with Crippen molar-refractivity contribution in [3.8, 4) is 0 Å². The summed E-state index contributed by atoms with van der Waals surface area (Å²) in [4.78, 5) is 11.5. The summed E-state index contributed by atoms with van der Waals surface area (Å²) in [5.74, 6) is 0.0541. The summed E-state index contributed by atoms with van der Waals surface area (Å²) in [6.07, 6.45) is 0.518. The van der Waals surface area contributed by atoms with Crippen LogP contribution in [-0.2, 0) is 19.0 Å². The van der Waals surface area contributed by atoms with Crippen molar-refractivity contribution >= 4 is 5.91 Å². The summed E-state index contributed by atoms with van der Waals surface area (Å²) >= 11 is 0. The highest BCUT2D eigenvalue weighted by Gasteiger charge is 2.15. The minimum atomic E-state index is 0.0108. The number of amides is 1. The average molecular weight is 291 g/mol. The molecule has 0 aromatic carbocycles. The molecule has 2 N–H and O–H groups in total. The highest BCUT2D eigenvalue weighted by atomic mass is 16.5. The van der Waals surface area contributed by atoms with Gasteiger partial charge in [0.1, 0.15) is 0 Å². The molecule has 0 aliphatic rings. The van der Waals surface area contributed by atoms with Crippen molar-refractivity contribution < 1.29 is 24.1 Å². The molecule has 0 rings (SSSR count). The predicted molar refractivity (Wildman–Crippen MR) is 76.6 cm³/mol. The lowest BCUT2D eigenvalue weighted by Gasteiger charge is -2.17. The smallest absolute Gasteiger partial charge is 0.220 e. The molecule has 0 fully saturated rings. The van der Waals surface area contributed by atoms with Crippen LogP contribution in [-0.4, -0.2) is 63.8 Å². The van der Waals surface area contributed by atoms with E-state index in [9.17, 15) is 4.79 Å². The van der Waals surface area contributed by atoms with Gasteiger partial charge < -0.3 is 24.6 Å². The number of aliphatic hydroxyl groups excluding tert-OH is 1. The Bertz CT molecular complexity index is 240. The van der Waals surface area contributed by atoms with Crippen molar-refractivity contribution in [1.82, 2.24) is 5.32 Å². The van der Waals surface area contributed by atoms with Gasteiger partial charge in [0.05, 0.1) is 46.2 Å². The minimum Gasteiger partial charge on any atom is -0.394 e. The number of hydrogen-bond donors (Lipinski definition) is 2. The number of nitrogens with one attached hydrogen (secondary N) is 1. The van der Waals surface area contributed by atoms with Gasteiger partial charge in [-0.15, -0.1) is 0 Å². The lowest BCUT2D eigenvalue weighted by molar-refractivity contribution is -0.123. The summed E-state index contributed by atoms with van der Waals surface area (Å²) in [5, 5.41) is 11.3. The zero-order valence-electron chi connectivity index (χ0n) is 12.9. The Morgan fingerprint density at radius 2 is 1.45 bits per heavy atom. The van der Waals surface area contributed by atoms with Gasteiger partial charge in [-0.1, -0.05) is 20.8 Å². The lowest BCUT2D eigenvalue weighted by atomic mass is 9.92. The Hall–Kier alpha value is -0.690. The monoisotopic (exact) mass is 291 g/mol. The van der Waals surface area contributed by atoms with E-state index < -0.39 is 0 Å². The van der Waals surface area contributed by atoms with Gasteiger partial charge in [0.25, 0.3) is 0 Å². The molecule has 0 heterocycles. The fraction of sp³-hybridized carbons (Fsp3) is 0.929. The first-order valence-electron chi connectivity index (χ1n) is 7.06. The number of hydrogen-bond acceptors (Lipinski definition) is 5. The zero-order valence-corrected chi connectivity index (χ0v) is 12.9. The van der Waals surface area contributed by atoms with Gasteiger partial charge in [-0.2, -0.15) is 0 Å². The fourth-order valence-corrected chi connectivity index (χ4v) is 1.41. The minimum absolute atomic E-state index is 0.0108. The molecule has 20 heavy (non-hydrogen) atoms. The SMILES string of the molecule is CC(C)(C)CC(=O)NCCOCCOCCOCCO. The number of carbonyl (C=O) groups excluding carboxylic acids is 1. The molecule has 0 unspecified atom stereocenters. The van der Waals surface area contributed by atoms with E-state index in [-0.39, 0.29) is 17.9 Å². The molecule has 1 amide bonds. The standard InChI is InChI=1S/C14H29NO5/c1-14(2,3)12-13(17)15-4-6-18-8-10-20-11-9-19-7-5-16/h16H,4-12H2,1-3H3,(H,15,17). The number of rotatable bonds is 12. The van der Waals surface area contributed by atoms with Crippen LogP contribution in [0, 0.1) is 5.41 Å². The number of aliphatic hydroxyl groups is 1. The van der Waals surface area contributed by atoms with E-state index in [0.29, 0.717) is 52.6 Å². The normalized spacial score (nSPS) is 11.6. The van der Waals surface area contributed by atoms with Crippen molar-refractivity contribution in [2.75, 3.05) is 52.8 Å². The maximum atomic E-state index is 11.5. The maximum Gasteiger partial charge on any atom is 0.220 e. The summed E-state index contributed by atoms with van der Waals surface area (Å²) in [6, 6.07) is 0. The van der Waals surface area contributed by atoms with Crippen LogP contribution in [0.25, 0.3) is 0 Å². The van der Waals surface area contributed by atoms with Gasteiger partial charge in [0, 0.05) is 13.0 Å². The van der Waals surface area contributed by atoms with Crippen LogP contribution in [0.15, 0.2) is 0 Å². The summed E-state index contributed by atoms with van der Waals surface area (Å²) in [6.45, 7) is 9.44. The third-order valence-electron chi connectivity index (χ3n) is 2.24. The lowest BCUT2D eigenvalue weighted by Crippen LogP contribution is -2.30. The third-order valence-corrected chi connectivity index (χ3v) is 2.24. The van der Waals surface area contributed by atoms with Crippen LogP contribution < -0.4 is 5.32 Å². The molecule has 0 saturated carbocycles. The first-order chi connectivity index (χ1) is 9.45. The molecule has 0 bridgehead atoms. The second-order valence-electron chi connectivity index (χ2n) is 5.65. The van der Waals surface area contributed by atoms with E-state index in [1.165, 1.54) is 0 Å².